The fourth-order valence-electron chi connectivity index (χ4n) is 6.54. The number of carbonyl (C=O) groups is 4. The quantitative estimate of drug-likeness (QED) is 0.217. The zero-order valence-electron chi connectivity index (χ0n) is 40.7. The van der Waals surface area contributed by atoms with Crippen LogP contribution >= 0.6 is 23.4 Å². The Morgan fingerprint density at radius 3 is 2.69 bits per heavy atom. The number of benzene rings is 1. The molecule has 0 unspecified atom stereocenters. The smallest absolute Gasteiger partial charge is 0.409 e. The van der Waals surface area contributed by atoms with E-state index in [1.165, 1.54) is 39.3 Å². The number of halogens is 1. The van der Waals surface area contributed by atoms with Crippen molar-refractivity contribution in [3.63, 3.8) is 0 Å². The second kappa shape index (κ2) is 18.6. The molecule has 3 aliphatic heterocycles. The minimum absolute atomic E-state index is 0.0607. The lowest BCUT2D eigenvalue weighted by Crippen LogP contribution is -2.63. The molecule has 300 valence electrons. The van der Waals surface area contributed by atoms with Gasteiger partial charge in [0.1, 0.15) is 40.7 Å². The molecule has 0 spiro atoms. The summed E-state index contributed by atoms with van der Waals surface area (Å²) in [6, 6.07) is 1.37. The number of likely N-dealkylation sites (N-methyl/N-ethyl adjacent to an activating group) is 1. The summed E-state index contributed by atoms with van der Waals surface area (Å²) in [5.74, 6) is -4.54. The molecule has 15 heteroatoms. The first-order chi connectivity index (χ1) is 28.9. The van der Waals surface area contributed by atoms with Gasteiger partial charge >= 0.3 is 12.1 Å². The molecule has 3 heterocycles. The number of hydrogen-bond acceptors (Lipinski definition) is 11. The molecular formula is C39H56ClN3O10S. The Bertz CT molecular complexity index is 1980. The summed E-state index contributed by atoms with van der Waals surface area (Å²) >= 11 is 7.65. The molecule has 2 fully saturated rings. The Morgan fingerprint density at radius 2 is 2.02 bits per heavy atom. The van der Waals surface area contributed by atoms with Crippen LogP contribution in [-0.4, -0.2) is 116 Å². The number of epoxide rings is 1. The third kappa shape index (κ3) is 10.1. The average molecular weight is 803 g/mol. The molecular weight excluding hydrogens is 738 g/mol. The van der Waals surface area contributed by atoms with Crippen molar-refractivity contribution in [2.24, 2.45) is 5.92 Å². The number of anilines is 1. The highest BCUT2D eigenvalue weighted by Crippen LogP contribution is 2.49. The lowest BCUT2D eigenvalue weighted by Gasteiger charge is -2.42. The highest BCUT2D eigenvalue weighted by atomic mass is 35.5. The van der Waals surface area contributed by atoms with Crippen LogP contribution in [0.3, 0.4) is 0 Å². The minimum Gasteiger partial charge on any atom is -0.495 e. The van der Waals surface area contributed by atoms with Crippen molar-refractivity contribution in [2.45, 2.75) is 114 Å². The van der Waals surface area contributed by atoms with Crippen LogP contribution in [0.15, 0.2) is 35.9 Å². The molecule has 0 aliphatic carbocycles. The van der Waals surface area contributed by atoms with Crippen molar-refractivity contribution in [2.75, 3.05) is 45.2 Å². The summed E-state index contributed by atoms with van der Waals surface area (Å²) in [6.45, 7) is 2.60. The maximum Gasteiger partial charge on any atom is 0.409 e. The standard InChI is InChI=1S/C39H56ClN3O10S/c1-23-14-13-15-30(50-8)39(48)22-29(51-37(47)41-39)24(2)35-38(4,53-35)31(52-36(46)25(3)42(5)32(44)16-11-10-12-17-54-9)21-33(45)43(6)27-19-26(18-23)20-28(49-7)34(27)40/h13-15,19-20,24-25,29-31,35,48H,10-12,16-18,21-22H2,1-9H3,(H,41,47)/b15-13+,23-14+/t24-,25-,29+,30-,31+,35+,38+,39+/m1/s1/i5D3,10D2,11D2,12D2. The summed E-state index contributed by atoms with van der Waals surface area (Å²) in [7, 11) is 4.20. The van der Waals surface area contributed by atoms with E-state index in [2.05, 4.69) is 5.32 Å². The van der Waals surface area contributed by atoms with Crippen molar-refractivity contribution in [1.29, 1.82) is 0 Å². The van der Waals surface area contributed by atoms with Gasteiger partial charge in [-0.2, -0.15) is 11.8 Å². The molecule has 3 aliphatic rings. The van der Waals surface area contributed by atoms with Crippen molar-refractivity contribution >= 4 is 52.9 Å². The Morgan fingerprint density at radius 1 is 1.28 bits per heavy atom. The van der Waals surface area contributed by atoms with Gasteiger partial charge in [-0.1, -0.05) is 48.7 Å². The van der Waals surface area contributed by atoms with E-state index in [4.69, 9.17) is 47.6 Å². The van der Waals surface area contributed by atoms with E-state index in [0.717, 1.165) is 24.3 Å². The second-order valence-electron chi connectivity index (χ2n) is 13.8. The molecule has 54 heavy (non-hydrogen) atoms. The van der Waals surface area contributed by atoms with E-state index >= 15 is 0 Å². The SMILES string of the molecule is [2H]C([2H])([2H])N(C(=O)CC([2H])([2H])C([2H])([2H])C([2H])([2H])CSC)[C@H](C)C(=O)O[C@H]1CC(=O)N(C)c2cc(cc(OC)c2Cl)C/C(C)=C/C=C/[C@@H](OC)[C@@]2(O)C[C@H](OC(=O)N2)[C@@H](C)[C@@H]2O[C@@]12C. The Hall–Kier alpha value is -3.30. The summed E-state index contributed by atoms with van der Waals surface area (Å²) in [6.07, 6.45) is -10.3. The number of ether oxygens (including phenoxy) is 5. The van der Waals surface area contributed by atoms with Crippen LogP contribution in [0, 0.1) is 5.92 Å². The number of nitrogens with zero attached hydrogens (tertiary/aromatic N) is 2. The van der Waals surface area contributed by atoms with Gasteiger partial charge in [0, 0.05) is 52.2 Å². The molecule has 1 aromatic carbocycles. The number of carbonyl (C=O) groups excluding carboxylic acids is 4. The molecule has 3 amide bonds. The van der Waals surface area contributed by atoms with E-state index in [9.17, 15) is 24.3 Å². The molecule has 8 atom stereocenters. The van der Waals surface area contributed by atoms with E-state index in [0.29, 0.717) is 12.0 Å². The maximum atomic E-state index is 14.3. The monoisotopic (exact) mass is 802 g/mol. The average Bonchev–Trinajstić information content (AvgIpc) is 3.86. The fraction of sp³-hybridized carbons (Fsp3) is 0.641. The third-order valence-electron chi connectivity index (χ3n) is 9.84. The number of amides is 3. The molecule has 1 aromatic rings. The zero-order chi connectivity index (χ0) is 47.8. The minimum atomic E-state index is -3.42. The lowest BCUT2D eigenvalue weighted by molar-refractivity contribution is -0.162. The number of thioether (sulfide) groups is 1. The predicted molar refractivity (Wildman–Crippen MR) is 208 cm³/mol. The highest BCUT2D eigenvalue weighted by Gasteiger charge is 2.64. The molecule has 4 rings (SSSR count). The topological polar surface area (TPSA) is 156 Å². The number of fused-ring (bicyclic) bond motifs is 5. The Balaban J connectivity index is 1.78. The van der Waals surface area contributed by atoms with Gasteiger partial charge in [-0.25, -0.2) is 9.59 Å². The fourth-order valence-corrected chi connectivity index (χ4v) is 7.07. The summed E-state index contributed by atoms with van der Waals surface area (Å²) in [5, 5.41) is 14.3. The maximum absolute atomic E-state index is 14.3. The number of allylic oxidation sites excluding steroid dienone is 3. The Labute approximate surface area is 340 Å². The Kier molecular flexibility index (Phi) is 10.9. The van der Waals surface area contributed by atoms with Gasteiger partial charge in [0.25, 0.3) is 0 Å². The van der Waals surface area contributed by atoms with Gasteiger partial charge in [0.2, 0.25) is 11.8 Å². The largest absolute Gasteiger partial charge is 0.495 e. The molecule has 0 saturated carbocycles. The van der Waals surface area contributed by atoms with Gasteiger partial charge in [-0.15, -0.1) is 0 Å². The predicted octanol–water partition coefficient (Wildman–Crippen LogP) is 5.44. The van der Waals surface area contributed by atoms with Gasteiger partial charge in [0.15, 0.2) is 5.72 Å². The number of esters is 1. The van der Waals surface area contributed by atoms with Crippen LogP contribution in [0.4, 0.5) is 10.5 Å². The molecule has 0 radical (unpaired) electrons. The van der Waals surface area contributed by atoms with Crippen molar-refractivity contribution in [3.05, 3.63) is 46.5 Å². The number of methoxy groups -OCH3 is 2. The first-order valence-electron chi connectivity index (χ1n) is 21.8. The van der Waals surface area contributed by atoms with Crippen LogP contribution in [-0.2, 0) is 39.8 Å². The molecule has 2 saturated heterocycles. The summed E-state index contributed by atoms with van der Waals surface area (Å²) in [4.78, 5) is 56.4. The zero-order valence-corrected chi connectivity index (χ0v) is 33.3. The first-order valence-corrected chi connectivity index (χ1v) is 19.1. The molecule has 2 N–H and O–H groups in total. The lowest BCUT2D eigenvalue weighted by atomic mass is 9.83. The molecule has 0 aromatic heterocycles. The van der Waals surface area contributed by atoms with E-state index < -0.39 is 116 Å². The van der Waals surface area contributed by atoms with Crippen LogP contribution in [0.2, 0.25) is 5.02 Å². The number of aliphatic hydroxyl groups is 1. The third-order valence-corrected chi connectivity index (χ3v) is 10.7. The van der Waals surface area contributed by atoms with Crippen molar-refractivity contribution < 1.29 is 60.3 Å². The summed E-state index contributed by atoms with van der Waals surface area (Å²) in [5.41, 5.74) is -1.76. The van der Waals surface area contributed by atoms with E-state index in [1.54, 1.807) is 37.3 Å². The molecule has 4 bridgehead atoms. The van der Waals surface area contributed by atoms with Crippen LogP contribution in [0.1, 0.15) is 84.0 Å². The normalized spacial score (nSPS) is 34.3. The molecule has 13 nitrogen and oxygen atoms in total. The number of nitrogens with one attached hydrogen (secondary N) is 1. The number of hydrogen-bond donors (Lipinski definition) is 2. The van der Waals surface area contributed by atoms with Crippen molar-refractivity contribution in [3.8, 4) is 5.75 Å². The van der Waals surface area contributed by atoms with Crippen LogP contribution in [0.25, 0.3) is 0 Å². The van der Waals surface area contributed by atoms with E-state index in [-0.39, 0.29) is 27.8 Å². The van der Waals surface area contributed by atoms with Gasteiger partial charge < -0.3 is 38.6 Å². The van der Waals surface area contributed by atoms with E-state index in [1.807, 2.05) is 6.92 Å². The van der Waals surface area contributed by atoms with Crippen LogP contribution < -0.4 is 15.0 Å². The van der Waals surface area contributed by atoms with Crippen molar-refractivity contribution in [1.82, 2.24) is 10.2 Å². The second-order valence-corrected chi connectivity index (χ2v) is 15.0. The highest BCUT2D eigenvalue weighted by molar-refractivity contribution is 7.98. The van der Waals surface area contributed by atoms with Gasteiger partial charge in [-0.3, -0.25) is 14.9 Å². The number of alkyl carbamates (subject to hydrolysis) is 1. The number of rotatable bonds is 11. The van der Waals surface area contributed by atoms with Gasteiger partial charge in [0.05, 0.1) is 25.3 Å². The summed E-state index contributed by atoms with van der Waals surface area (Å²) < 4.78 is 103. The first kappa shape index (κ1) is 31.9. The van der Waals surface area contributed by atoms with Crippen LogP contribution in [0.5, 0.6) is 5.75 Å². The van der Waals surface area contributed by atoms with Gasteiger partial charge in [-0.05, 0) is 69.6 Å².